The van der Waals surface area contributed by atoms with Gasteiger partial charge in [0.2, 0.25) is 11.8 Å². The first-order chi connectivity index (χ1) is 11.5. The van der Waals surface area contributed by atoms with E-state index in [1.807, 2.05) is 31.2 Å². The van der Waals surface area contributed by atoms with Gasteiger partial charge in [0.1, 0.15) is 0 Å². The van der Waals surface area contributed by atoms with E-state index in [0.29, 0.717) is 25.6 Å². The summed E-state index contributed by atoms with van der Waals surface area (Å²) in [5.74, 6) is 0.0111. The zero-order valence-electron chi connectivity index (χ0n) is 15.0. The third-order valence-corrected chi connectivity index (χ3v) is 4.50. The number of likely N-dealkylation sites (tertiary alicyclic amines) is 1. The number of amides is 2. The molecule has 1 aliphatic heterocycles. The van der Waals surface area contributed by atoms with Crippen molar-refractivity contribution in [2.24, 2.45) is 11.8 Å². The summed E-state index contributed by atoms with van der Waals surface area (Å²) in [6, 6.07) is 7.75. The fourth-order valence-corrected chi connectivity index (χ4v) is 3.22. The highest BCUT2D eigenvalue weighted by molar-refractivity contribution is 5.90. The number of carbonyl (C=O) groups excluding carboxylic acids is 2. The molecule has 0 spiro atoms. The summed E-state index contributed by atoms with van der Waals surface area (Å²) in [5.41, 5.74) is 2.14. The van der Waals surface area contributed by atoms with E-state index in [1.165, 1.54) is 0 Å². The molecule has 1 N–H and O–H groups in total. The van der Waals surface area contributed by atoms with Crippen molar-refractivity contribution in [3.8, 4) is 0 Å². The first kappa shape index (κ1) is 18.5. The fourth-order valence-electron chi connectivity index (χ4n) is 3.22. The van der Waals surface area contributed by atoms with Gasteiger partial charge in [0.25, 0.3) is 0 Å². The van der Waals surface area contributed by atoms with Gasteiger partial charge in [-0.05, 0) is 24.0 Å². The Bertz CT molecular complexity index is 586. The molecule has 0 bridgehead atoms. The molecule has 0 aromatic heterocycles. The van der Waals surface area contributed by atoms with Crippen LogP contribution in [0.2, 0.25) is 0 Å². The number of methoxy groups -OCH3 is 1. The van der Waals surface area contributed by atoms with Crippen LogP contribution >= 0.6 is 0 Å². The van der Waals surface area contributed by atoms with Crippen LogP contribution in [0, 0.1) is 18.8 Å². The molecule has 1 heterocycles. The zero-order valence-corrected chi connectivity index (χ0v) is 15.0. The minimum atomic E-state index is -0.353. The summed E-state index contributed by atoms with van der Waals surface area (Å²) in [5, 5.41) is 2.99. The highest BCUT2D eigenvalue weighted by atomic mass is 16.5. The molecule has 0 radical (unpaired) electrons. The van der Waals surface area contributed by atoms with E-state index >= 15 is 0 Å². The molecule has 2 amide bonds. The lowest BCUT2D eigenvalue weighted by molar-refractivity contribution is -0.129. The number of aryl methyl sites for hydroxylation is 1. The number of hydrogen-bond donors (Lipinski definition) is 1. The van der Waals surface area contributed by atoms with Crippen LogP contribution in [0.5, 0.6) is 0 Å². The van der Waals surface area contributed by atoms with E-state index in [0.717, 1.165) is 11.1 Å². The van der Waals surface area contributed by atoms with Gasteiger partial charge in [0, 0.05) is 26.6 Å². The molecule has 5 heteroatoms. The Morgan fingerprint density at radius 1 is 1.38 bits per heavy atom. The lowest BCUT2D eigenvalue weighted by atomic mass is 9.90. The first-order valence-electron chi connectivity index (χ1n) is 8.57. The molecule has 5 nitrogen and oxygen atoms in total. The maximum Gasteiger partial charge on any atom is 0.226 e. The lowest BCUT2D eigenvalue weighted by Crippen LogP contribution is -2.38. The number of carbonyl (C=O) groups is 2. The molecule has 0 aliphatic carbocycles. The molecule has 1 aliphatic rings. The Kier molecular flexibility index (Phi) is 6.37. The Labute approximate surface area is 144 Å². The van der Waals surface area contributed by atoms with Crippen molar-refractivity contribution in [1.29, 1.82) is 0 Å². The number of nitrogens with zero attached hydrogens (tertiary/aromatic N) is 1. The number of hydrogen-bond acceptors (Lipinski definition) is 3. The normalized spacial score (nSPS) is 20.7. The van der Waals surface area contributed by atoms with Gasteiger partial charge in [-0.15, -0.1) is 0 Å². The quantitative estimate of drug-likeness (QED) is 0.833. The van der Waals surface area contributed by atoms with Gasteiger partial charge in [0.15, 0.2) is 0 Å². The summed E-state index contributed by atoms with van der Waals surface area (Å²) in [7, 11) is 1.62. The van der Waals surface area contributed by atoms with Crippen molar-refractivity contribution < 1.29 is 14.3 Å². The van der Waals surface area contributed by atoms with Crippen molar-refractivity contribution in [1.82, 2.24) is 10.2 Å². The molecule has 132 valence electrons. The smallest absolute Gasteiger partial charge is 0.226 e. The summed E-state index contributed by atoms with van der Waals surface area (Å²) in [6.07, 6.45) is 0.257. The Morgan fingerprint density at radius 2 is 2.08 bits per heavy atom. The molecule has 0 unspecified atom stereocenters. The lowest BCUT2D eigenvalue weighted by Gasteiger charge is -2.29. The first-order valence-corrected chi connectivity index (χ1v) is 8.57. The van der Waals surface area contributed by atoms with Gasteiger partial charge in [-0.1, -0.05) is 38.1 Å². The molecule has 1 aromatic rings. The number of nitrogens with one attached hydrogen (secondary N) is 1. The summed E-state index contributed by atoms with van der Waals surface area (Å²) >= 11 is 0. The summed E-state index contributed by atoms with van der Waals surface area (Å²) in [4.78, 5) is 27.0. The van der Waals surface area contributed by atoms with Crippen LogP contribution < -0.4 is 5.32 Å². The molecular weight excluding hydrogens is 304 g/mol. The predicted molar refractivity (Wildman–Crippen MR) is 93.5 cm³/mol. The van der Waals surface area contributed by atoms with Crippen molar-refractivity contribution in [3.05, 3.63) is 35.4 Å². The molecule has 24 heavy (non-hydrogen) atoms. The minimum Gasteiger partial charge on any atom is -0.383 e. The third kappa shape index (κ3) is 4.15. The van der Waals surface area contributed by atoms with Crippen LogP contribution in [0.1, 0.15) is 37.4 Å². The van der Waals surface area contributed by atoms with E-state index in [4.69, 9.17) is 4.74 Å². The van der Waals surface area contributed by atoms with Crippen molar-refractivity contribution in [3.63, 3.8) is 0 Å². The molecule has 1 aromatic carbocycles. The van der Waals surface area contributed by atoms with Crippen LogP contribution in [0.4, 0.5) is 0 Å². The largest absolute Gasteiger partial charge is 0.383 e. The van der Waals surface area contributed by atoms with Gasteiger partial charge in [-0.2, -0.15) is 0 Å². The molecular formula is C19H28N2O3. The highest BCUT2D eigenvalue weighted by Crippen LogP contribution is 2.39. The number of ether oxygens (including phenoxy) is 1. The van der Waals surface area contributed by atoms with Crippen LogP contribution in [-0.2, 0) is 14.3 Å². The number of benzene rings is 1. The van der Waals surface area contributed by atoms with E-state index < -0.39 is 0 Å². The van der Waals surface area contributed by atoms with Crippen LogP contribution in [0.25, 0.3) is 0 Å². The van der Waals surface area contributed by atoms with Crippen molar-refractivity contribution in [2.75, 3.05) is 26.8 Å². The molecule has 0 saturated carbocycles. The van der Waals surface area contributed by atoms with Gasteiger partial charge in [0.05, 0.1) is 18.6 Å². The highest BCUT2D eigenvalue weighted by Gasteiger charge is 2.44. The SMILES string of the molecule is COCCN1C(=O)C[C@@H](C(=O)NCC(C)C)[C@@H]1c1ccccc1C. The van der Waals surface area contributed by atoms with Crippen LogP contribution in [0.3, 0.4) is 0 Å². The second-order valence-electron chi connectivity index (χ2n) is 6.83. The molecule has 2 atom stereocenters. The fraction of sp³-hybridized carbons (Fsp3) is 0.579. The van der Waals surface area contributed by atoms with Crippen LogP contribution in [0.15, 0.2) is 24.3 Å². The van der Waals surface area contributed by atoms with E-state index in [9.17, 15) is 9.59 Å². The van der Waals surface area contributed by atoms with Crippen molar-refractivity contribution in [2.45, 2.75) is 33.2 Å². The van der Waals surface area contributed by atoms with E-state index in [-0.39, 0.29) is 30.2 Å². The van der Waals surface area contributed by atoms with E-state index in [1.54, 1.807) is 12.0 Å². The van der Waals surface area contributed by atoms with E-state index in [2.05, 4.69) is 19.2 Å². The van der Waals surface area contributed by atoms with Gasteiger partial charge >= 0.3 is 0 Å². The van der Waals surface area contributed by atoms with Gasteiger partial charge in [-0.25, -0.2) is 0 Å². The van der Waals surface area contributed by atoms with Gasteiger partial charge < -0.3 is 15.0 Å². The standard InChI is InChI=1S/C19H28N2O3/c1-13(2)12-20-19(23)16-11-17(22)21(9-10-24-4)18(16)15-8-6-5-7-14(15)3/h5-8,13,16,18H,9-12H2,1-4H3,(H,20,23)/t16-,18+/m1/s1. The Morgan fingerprint density at radius 3 is 2.71 bits per heavy atom. The monoisotopic (exact) mass is 332 g/mol. The molecule has 1 saturated heterocycles. The van der Waals surface area contributed by atoms with Crippen molar-refractivity contribution >= 4 is 11.8 Å². The minimum absolute atomic E-state index is 0.0185. The maximum absolute atomic E-state index is 12.7. The summed E-state index contributed by atoms with van der Waals surface area (Å²) in [6.45, 7) is 7.74. The average molecular weight is 332 g/mol. The second kappa shape index (κ2) is 8.29. The molecule has 1 fully saturated rings. The summed E-state index contributed by atoms with van der Waals surface area (Å²) < 4.78 is 5.15. The zero-order chi connectivity index (χ0) is 17.7. The van der Waals surface area contributed by atoms with Gasteiger partial charge in [-0.3, -0.25) is 9.59 Å². The molecule has 2 rings (SSSR count). The number of rotatable bonds is 7. The predicted octanol–water partition coefficient (Wildman–Crippen LogP) is 2.30. The third-order valence-electron chi connectivity index (χ3n) is 4.50. The maximum atomic E-state index is 12.7. The van der Waals surface area contributed by atoms with Crippen LogP contribution in [-0.4, -0.2) is 43.5 Å². The second-order valence-corrected chi connectivity index (χ2v) is 6.83. The average Bonchev–Trinajstić information content (AvgIpc) is 2.87. The Hall–Kier alpha value is -1.88. The topological polar surface area (TPSA) is 58.6 Å². The Balaban J connectivity index is 2.29.